The molecule has 1 aliphatic carbocycles. The first-order valence-corrected chi connectivity index (χ1v) is 6.93. The highest BCUT2D eigenvalue weighted by Crippen LogP contribution is 2.45. The molecular weight excluding hydrogens is 228 g/mol. The van der Waals surface area contributed by atoms with Gasteiger partial charge in [0.05, 0.1) is 0 Å². The smallest absolute Gasteiger partial charge is 0.410 e. The quantitative estimate of drug-likeness (QED) is 0.824. The van der Waals surface area contributed by atoms with E-state index in [1.165, 1.54) is 0 Å². The summed E-state index contributed by atoms with van der Waals surface area (Å²) in [5, 5.41) is 0. The summed E-state index contributed by atoms with van der Waals surface area (Å²) in [5.74, 6) is 0. The molecule has 0 bridgehead atoms. The number of nitrogens with two attached hydrogens (primary N) is 1. The minimum absolute atomic E-state index is 0.0284. The number of carbonyl (C=O) groups excluding carboxylic acids is 1. The van der Waals surface area contributed by atoms with Crippen molar-refractivity contribution in [3.63, 3.8) is 0 Å². The summed E-state index contributed by atoms with van der Waals surface area (Å²) < 4.78 is 5.50. The Morgan fingerprint density at radius 3 is 2.44 bits per heavy atom. The predicted molar refractivity (Wildman–Crippen MR) is 71.3 cm³/mol. The van der Waals surface area contributed by atoms with Crippen LogP contribution in [0.5, 0.6) is 0 Å². The zero-order valence-corrected chi connectivity index (χ0v) is 12.1. The molecule has 1 saturated carbocycles. The monoisotopic (exact) mass is 254 g/mol. The Bertz CT molecular complexity index is 344. The van der Waals surface area contributed by atoms with E-state index in [9.17, 15) is 4.79 Å². The number of carbonyl (C=O) groups is 1. The standard InChI is InChI=1S/C14H26N2O2/c1-12(2,3)18-11(17)16-9-5-6-13(16,4)10-14(15)7-8-14/h5-10,15H2,1-4H3. The molecule has 4 heteroatoms. The van der Waals surface area contributed by atoms with Gasteiger partial charge in [-0.3, -0.25) is 0 Å². The zero-order valence-electron chi connectivity index (χ0n) is 12.1. The van der Waals surface area contributed by atoms with Crippen LogP contribution in [0.15, 0.2) is 0 Å². The molecule has 1 atom stereocenters. The fraction of sp³-hybridized carbons (Fsp3) is 0.929. The van der Waals surface area contributed by atoms with Gasteiger partial charge in [0.2, 0.25) is 0 Å². The van der Waals surface area contributed by atoms with Gasteiger partial charge in [0.1, 0.15) is 5.60 Å². The number of rotatable bonds is 2. The van der Waals surface area contributed by atoms with Gasteiger partial charge in [0.15, 0.2) is 0 Å². The summed E-state index contributed by atoms with van der Waals surface area (Å²) in [5.41, 5.74) is 5.65. The molecule has 1 unspecified atom stereocenters. The van der Waals surface area contributed by atoms with E-state index < -0.39 is 5.60 Å². The molecule has 104 valence electrons. The van der Waals surface area contributed by atoms with E-state index in [1.54, 1.807) is 0 Å². The van der Waals surface area contributed by atoms with Crippen molar-refractivity contribution in [3.8, 4) is 0 Å². The predicted octanol–water partition coefficient (Wildman–Crippen LogP) is 2.66. The number of hydrogen-bond donors (Lipinski definition) is 1. The van der Waals surface area contributed by atoms with Crippen molar-refractivity contribution in [1.29, 1.82) is 0 Å². The van der Waals surface area contributed by atoms with Crippen LogP contribution in [-0.4, -0.2) is 34.2 Å². The number of nitrogens with zero attached hydrogens (tertiary/aromatic N) is 1. The maximum absolute atomic E-state index is 12.2. The van der Waals surface area contributed by atoms with Crippen molar-refractivity contribution in [2.75, 3.05) is 6.54 Å². The SMILES string of the molecule is CC(C)(C)OC(=O)N1CCCC1(C)CC1(N)CC1. The molecule has 2 rings (SSSR count). The maximum Gasteiger partial charge on any atom is 0.410 e. The van der Waals surface area contributed by atoms with Gasteiger partial charge in [0, 0.05) is 17.6 Å². The minimum atomic E-state index is -0.430. The van der Waals surface area contributed by atoms with E-state index in [1.807, 2.05) is 25.7 Å². The second kappa shape index (κ2) is 4.12. The lowest BCUT2D eigenvalue weighted by Crippen LogP contribution is -2.50. The third kappa shape index (κ3) is 2.97. The largest absolute Gasteiger partial charge is 0.444 e. The van der Waals surface area contributed by atoms with Crippen LogP contribution < -0.4 is 5.73 Å². The van der Waals surface area contributed by atoms with Crippen LogP contribution in [0, 0.1) is 0 Å². The normalized spacial score (nSPS) is 30.4. The second-order valence-electron chi connectivity index (χ2n) is 7.27. The minimum Gasteiger partial charge on any atom is -0.444 e. The fourth-order valence-electron chi connectivity index (χ4n) is 2.93. The van der Waals surface area contributed by atoms with Gasteiger partial charge < -0.3 is 15.4 Å². The molecule has 2 N–H and O–H groups in total. The summed E-state index contributed by atoms with van der Waals surface area (Å²) >= 11 is 0. The molecule has 1 amide bonds. The fourth-order valence-corrected chi connectivity index (χ4v) is 2.93. The summed E-state index contributed by atoms with van der Waals surface area (Å²) in [6, 6.07) is 0. The third-order valence-corrected chi connectivity index (χ3v) is 3.99. The number of ether oxygens (including phenoxy) is 1. The topological polar surface area (TPSA) is 55.6 Å². The highest BCUT2D eigenvalue weighted by atomic mass is 16.6. The molecule has 18 heavy (non-hydrogen) atoms. The lowest BCUT2D eigenvalue weighted by Gasteiger charge is -2.38. The van der Waals surface area contributed by atoms with Crippen LogP contribution >= 0.6 is 0 Å². The Morgan fingerprint density at radius 1 is 1.33 bits per heavy atom. The van der Waals surface area contributed by atoms with Crippen LogP contribution in [0.4, 0.5) is 4.79 Å². The van der Waals surface area contributed by atoms with E-state index in [0.717, 1.165) is 38.6 Å². The summed E-state index contributed by atoms with van der Waals surface area (Å²) in [4.78, 5) is 14.1. The first-order valence-electron chi connectivity index (χ1n) is 6.93. The van der Waals surface area contributed by atoms with Crippen molar-refractivity contribution >= 4 is 6.09 Å². The number of amides is 1. The van der Waals surface area contributed by atoms with Gasteiger partial charge in [-0.05, 0) is 59.8 Å². The second-order valence-corrected chi connectivity index (χ2v) is 7.27. The number of hydrogen-bond acceptors (Lipinski definition) is 3. The Labute approximate surface area is 110 Å². The molecule has 1 saturated heterocycles. The molecule has 0 aromatic carbocycles. The Morgan fingerprint density at radius 2 is 1.94 bits per heavy atom. The Kier molecular flexibility index (Phi) is 3.13. The molecule has 0 aromatic rings. The summed E-state index contributed by atoms with van der Waals surface area (Å²) in [6.45, 7) is 8.66. The van der Waals surface area contributed by atoms with Crippen LogP contribution in [-0.2, 0) is 4.74 Å². The average molecular weight is 254 g/mol. The van der Waals surface area contributed by atoms with Gasteiger partial charge >= 0.3 is 6.09 Å². The molecule has 1 aliphatic heterocycles. The maximum atomic E-state index is 12.2. The average Bonchev–Trinajstić information content (AvgIpc) is 2.73. The molecule has 0 aromatic heterocycles. The molecule has 2 fully saturated rings. The van der Waals surface area contributed by atoms with Crippen molar-refractivity contribution in [3.05, 3.63) is 0 Å². The molecule has 0 radical (unpaired) electrons. The van der Waals surface area contributed by atoms with Crippen LogP contribution in [0.25, 0.3) is 0 Å². The molecule has 4 nitrogen and oxygen atoms in total. The first kappa shape index (κ1) is 13.7. The van der Waals surface area contributed by atoms with Crippen molar-refractivity contribution < 1.29 is 9.53 Å². The van der Waals surface area contributed by atoms with Crippen LogP contribution in [0.2, 0.25) is 0 Å². The third-order valence-electron chi connectivity index (χ3n) is 3.99. The van der Waals surface area contributed by atoms with Crippen LogP contribution in [0.3, 0.4) is 0 Å². The van der Waals surface area contributed by atoms with Gasteiger partial charge in [-0.25, -0.2) is 4.79 Å². The first-order chi connectivity index (χ1) is 8.14. The molecule has 0 spiro atoms. The molecule has 1 heterocycles. The number of likely N-dealkylation sites (tertiary alicyclic amines) is 1. The Balaban J connectivity index is 2.04. The van der Waals surface area contributed by atoms with Crippen molar-refractivity contribution in [2.45, 2.75) is 76.5 Å². The summed E-state index contributed by atoms with van der Waals surface area (Å²) in [7, 11) is 0. The van der Waals surface area contributed by atoms with Gasteiger partial charge in [0.25, 0.3) is 0 Å². The zero-order chi connectivity index (χ0) is 13.6. The van der Waals surface area contributed by atoms with E-state index in [4.69, 9.17) is 10.5 Å². The lowest BCUT2D eigenvalue weighted by molar-refractivity contribution is 0.00801. The highest BCUT2D eigenvalue weighted by Gasteiger charge is 2.50. The van der Waals surface area contributed by atoms with Crippen LogP contribution in [0.1, 0.15) is 59.8 Å². The van der Waals surface area contributed by atoms with Gasteiger partial charge in [-0.2, -0.15) is 0 Å². The van der Waals surface area contributed by atoms with E-state index in [-0.39, 0.29) is 17.2 Å². The molecule has 2 aliphatic rings. The van der Waals surface area contributed by atoms with E-state index in [2.05, 4.69) is 6.92 Å². The highest BCUT2D eigenvalue weighted by molar-refractivity contribution is 5.69. The van der Waals surface area contributed by atoms with Gasteiger partial charge in [-0.15, -0.1) is 0 Å². The van der Waals surface area contributed by atoms with Crippen molar-refractivity contribution in [2.24, 2.45) is 5.73 Å². The lowest BCUT2D eigenvalue weighted by atomic mass is 9.89. The van der Waals surface area contributed by atoms with Gasteiger partial charge in [-0.1, -0.05) is 0 Å². The Hall–Kier alpha value is -0.770. The summed E-state index contributed by atoms with van der Waals surface area (Å²) in [6.07, 6.45) is 4.97. The van der Waals surface area contributed by atoms with E-state index in [0.29, 0.717) is 0 Å². The van der Waals surface area contributed by atoms with E-state index >= 15 is 0 Å². The van der Waals surface area contributed by atoms with Crippen molar-refractivity contribution in [1.82, 2.24) is 4.90 Å². The molecular formula is C14H26N2O2.